The summed E-state index contributed by atoms with van der Waals surface area (Å²) in [5.41, 5.74) is 1.53. The topological polar surface area (TPSA) is 116 Å². The van der Waals surface area contributed by atoms with Crippen molar-refractivity contribution < 1.29 is 22.7 Å². The molecule has 1 N–H and O–H groups in total. The first kappa shape index (κ1) is 25.2. The molecule has 0 bridgehead atoms. The molecule has 2 aromatic heterocycles. The van der Waals surface area contributed by atoms with Gasteiger partial charge in [-0.1, -0.05) is 11.3 Å². The molecule has 1 amide bonds. The van der Waals surface area contributed by atoms with Crippen molar-refractivity contribution in [1.29, 1.82) is 0 Å². The summed E-state index contributed by atoms with van der Waals surface area (Å²) in [6.45, 7) is 2.31. The van der Waals surface area contributed by atoms with Crippen molar-refractivity contribution >= 4 is 43.3 Å². The average Bonchev–Trinajstić information content (AvgIpc) is 3.50. The van der Waals surface area contributed by atoms with Crippen LogP contribution in [0.5, 0.6) is 11.5 Å². The highest BCUT2D eigenvalue weighted by Crippen LogP contribution is 2.31. The van der Waals surface area contributed by atoms with Crippen LogP contribution in [0.3, 0.4) is 0 Å². The normalized spacial score (nSPS) is 16.6. The largest absolute Gasteiger partial charge is 0.497 e. The van der Waals surface area contributed by atoms with Gasteiger partial charge in [0.2, 0.25) is 21.1 Å². The second-order valence-corrected chi connectivity index (χ2v) is 11.7. The Hall–Kier alpha value is -3.48. The molecule has 1 aliphatic heterocycles. The number of fused-ring (bicyclic) bond motifs is 1. The molecule has 37 heavy (non-hydrogen) atoms. The molecule has 12 heteroatoms. The summed E-state index contributed by atoms with van der Waals surface area (Å²) < 4.78 is 40.8. The van der Waals surface area contributed by atoms with Gasteiger partial charge in [0, 0.05) is 19.2 Å². The Balaban J connectivity index is 1.34. The van der Waals surface area contributed by atoms with Gasteiger partial charge >= 0.3 is 0 Å². The number of nitrogens with zero attached hydrogens (tertiary/aromatic N) is 4. The molecule has 1 fully saturated rings. The third-order valence-electron chi connectivity index (χ3n) is 6.30. The Labute approximate surface area is 218 Å². The number of nitrogens with one attached hydrogen (secondary N) is 1. The minimum Gasteiger partial charge on any atom is -0.497 e. The van der Waals surface area contributed by atoms with Crippen LogP contribution in [0.15, 0.2) is 53.4 Å². The summed E-state index contributed by atoms with van der Waals surface area (Å²) in [6.07, 6.45) is 1.18. The van der Waals surface area contributed by atoms with Crippen molar-refractivity contribution in [3.8, 4) is 16.6 Å². The van der Waals surface area contributed by atoms with E-state index in [1.807, 2.05) is 25.1 Å². The van der Waals surface area contributed by atoms with Crippen LogP contribution in [-0.2, 0) is 14.8 Å². The zero-order valence-corrected chi connectivity index (χ0v) is 22.3. The number of anilines is 1. The molecule has 2 aromatic carbocycles. The number of benzene rings is 2. The standard InChI is InChI=1S/C25H27N5O5S2/c1-16-13-23(30(28-16)25-26-21-11-8-19(35-3)14-22(21)36-25)27-24(31)17-5-4-12-29(15-17)37(32,33)20-9-6-18(34-2)7-10-20/h6-11,13-14,17H,4-5,12,15H2,1-3H3,(H,27,31). The van der Waals surface area contributed by atoms with Gasteiger partial charge in [-0.25, -0.2) is 13.4 Å². The van der Waals surface area contributed by atoms with E-state index < -0.39 is 15.9 Å². The average molecular weight is 542 g/mol. The fraction of sp³-hybridized carbons (Fsp3) is 0.320. The van der Waals surface area contributed by atoms with E-state index in [1.54, 1.807) is 30.0 Å². The minimum atomic E-state index is -3.73. The number of aryl methyl sites for hydroxylation is 1. The first-order valence-corrected chi connectivity index (χ1v) is 14.0. The zero-order valence-electron chi connectivity index (χ0n) is 20.7. The van der Waals surface area contributed by atoms with Crippen molar-refractivity contribution in [3.05, 3.63) is 54.2 Å². The summed E-state index contributed by atoms with van der Waals surface area (Å²) >= 11 is 1.44. The zero-order chi connectivity index (χ0) is 26.2. The molecule has 10 nitrogen and oxygen atoms in total. The number of amides is 1. The Kier molecular flexibility index (Phi) is 6.88. The van der Waals surface area contributed by atoms with Crippen LogP contribution in [-0.4, -0.2) is 60.7 Å². The molecule has 1 aliphatic rings. The highest BCUT2D eigenvalue weighted by Gasteiger charge is 2.34. The number of ether oxygens (including phenoxy) is 2. The van der Waals surface area contributed by atoms with E-state index in [1.165, 1.54) is 34.9 Å². The number of sulfonamides is 1. The predicted octanol–water partition coefficient (Wildman–Crippen LogP) is 3.85. The van der Waals surface area contributed by atoms with E-state index in [9.17, 15) is 13.2 Å². The maximum Gasteiger partial charge on any atom is 0.243 e. The number of thiazole rings is 1. The van der Waals surface area contributed by atoms with Gasteiger partial charge in [0.05, 0.1) is 40.9 Å². The second-order valence-electron chi connectivity index (χ2n) is 8.78. The molecule has 0 aliphatic carbocycles. The lowest BCUT2D eigenvalue weighted by Crippen LogP contribution is -2.43. The van der Waals surface area contributed by atoms with Crippen molar-refractivity contribution in [2.24, 2.45) is 5.92 Å². The van der Waals surface area contributed by atoms with Gasteiger partial charge in [-0.3, -0.25) is 4.79 Å². The van der Waals surface area contributed by atoms with Gasteiger partial charge in [-0.05, 0) is 62.2 Å². The lowest BCUT2D eigenvalue weighted by atomic mass is 9.99. The Morgan fingerprint density at radius 1 is 1.08 bits per heavy atom. The van der Waals surface area contributed by atoms with Crippen LogP contribution in [0.2, 0.25) is 0 Å². The van der Waals surface area contributed by atoms with Crippen LogP contribution in [0.1, 0.15) is 18.5 Å². The third-order valence-corrected chi connectivity index (χ3v) is 9.17. The number of rotatable bonds is 7. The summed E-state index contributed by atoms with van der Waals surface area (Å²) in [5, 5.41) is 8.10. The predicted molar refractivity (Wildman–Crippen MR) is 141 cm³/mol. The highest BCUT2D eigenvalue weighted by molar-refractivity contribution is 7.89. The quantitative estimate of drug-likeness (QED) is 0.378. The molecule has 5 rings (SSSR count). The molecule has 1 saturated heterocycles. The summed E-state index contributed by atoms with van der Waals surface area (Å²) in [7, 11) is -0.592. The third kappa shape index (κ3) is 5.04. The molecular weight excluding hydrogens is 514 g/mol. The van der Waals surface area contributed by atoms with Crippen LogP contribution >= 0.6 is 11.3 Å². The molecule has 1 atom stereocenters. The number of piperidine rings is 1. The van der Waals surface area contributed by atoms with Gasteiger partial charge < -0.3 is 14.8 Å². The van der Waals surface area contributed by atoms with Crippen LogP contribution in [0.25, 0.3) is 15.3 Å². The summed E-state index contributed by atoms with van der Waals surface area (Å²) in [4.78, 5) is 18.1. The Morgan fingerprint density at radius 3 is 2.54 bits per heavy atom. The van der Waals surface area contributed by atoms with Gasteiger partial charge in [-0.2, -0.15) is 14.1 Å². The number of aromatic nitrogens is 3. The Morgan fingerprint density at radius 2 is 1.81 bits per heavy atom. The molecule has 1 unspecified atom stereocenters. The molecular formula is C25H27N5O5S2. The number of hydrogen-bond acceptors (Lipinski definition) is 8. The van der Waals surface area contributed by atoms with E-state index in [-0.39, 0.29) is 17.3 Å². The van der Waals surface area contributed by atoms with Crippen molar-refractivity contribution in [1.82, 2.24) is 19.1 Å². The number of carbonyl (C=O) groups excluding carboxylic acids is 1. The number of hydrogen-bond donors (Lipinski definition) is 1. The highest BCUT2D eigenvalue weighted by atomic mass is 32.2. The molecule has 0 radical (unpaired) electrons. The van der Waals surface area contributed by atoms with E-state index in [4.69, 9.17) is 9.47 Å². The fourth-order valence-corrected chi connectivity index (χ4v) is 6.83. The lowest BCUT2D eigenvalue weighted by molar-refractivity contribution is -0.120. The molecule has 194 valence electrons. The second kappa shape index (κ2) is 10.1. The van der Waals surface area contributed by atoms with Gasteiger partial charge in [0.25, 0.3) is 0 Å². The lowest BCUT2D eigenvalue weighted by Gasteiger charge is -2.31. The molecule has 0 saturated carbocycles. The summed E-state index contributed by atoms with van der Waals surface area (Å²) in [6, 6.07) is 13.7. The van der Waals surface area contributed by atoms with Crippen molar-refractivity contribution in [2.75, 3.05) is 32.6 Å². The summed E-state index contributed by atoms with van der Waals surface area (Å²) in [5.74, 6) is 1.06. The van der Waals surface area contributed by atoms with Gasteiger partial charge in [-0.15, -0.1) is 0 Å². The van der Waals surface area contributed by atoms with Gasteiger partial charge in [0.15, 0.2) is 0 Å². The van der Waals surface area contributed by atoms with Gasteiger partial charge in [0.1, 0.15) is 17.3 Å². The Bertz CT molecular complexity index is 1550. The van der Waals surface area contributed by atoms with Crippen molar-refractivity contribution in [3.63, 3.8) is 0 Å². The fourth-order valence-electron chi connectivity index (χ4n) is 4.34. The maximum absolute atomic E-state index is 13.3. The molecule has 0 spiro atoms. The maximum atomic E-state index is 13.3. The van der Waals surface area contributed by atoms with E-state index in [2.05, 4.69) is 15.4 Å². The van der Waals surface area contributed by atoms with Crippen LogP contribution < -0.4 is 14.8 Å². The van der Waals surface area contributed by atoms with Crippen LogP contribution in [0, 0.1) is 12.8 Å². The monoisotopic (exact) mass is 541 g/mol. The van der Waals surface area contributed by atoms with E-state index in [0.29, 0.717) is 36.1 Å². The molecule has 4 aromatic rings. The smallest absolute Gasteiger partial charge is 0.243 e. The minimum absolute atomic E-state index is 0.105. The SMILES string of the molecule is COc1ccc(S(=O)(=O)N2CCCC(C(=O)Nc3cc(C)nn3-c3nc4ccc(OC)cc4s3)C2)cc1. The van der Waals surface area contributed by atoms with E-state index >= 15 is 0 Å². The van der Waals surface area contributed by atoms with Crippen LogP contribution in [0.4, 0.5) is 5.82 Å². The first-order valence-electron chi connectivity index (χ1n) is 11.7. The first-order chi connectivity index (χ1) is 17.8. The number of carbonyl (C=O) groups is 1. The van der Waals surface area contributed by atoms with Crippen molar-refractivity contribution in [2.45, 2.75) is 24.7 Å². The molecule has 3 heterocycles. The van der Waals surface area contributed by atoms with E-state index in [0.717, 1.165) is 21.7 Å². The number of methoxy groups -OCH3 is 2.